The number of ether oxygens (including phenoxy) is 1. The zero-order valence-corrected chi connectivity index (χ0v) is 26.1. The maximum absolute atomic E-state index is 13.8. The van der Waals surface area contributed by atoms with Crippen LogP contribution in [0.5, 0.6) is 0 Å². The molecule has 1 saturated heterocycles. The van der Waals surface area contributed by atoms with Crippen LogP contribution in [0.3, 0.4) is 0 Å². The number of hydrogen-bond acceptors (Lipinski definition) is 7. The summed E-state index contributed by atoms with van der Waals surface area (Å²) in [4.78, 5) is 46.3. The smallest absolute Gasteiger partial charge is 0.224 e. The van der Waals surface area contributed by atoms with Crippen LogP contribution in [0.2, 0.25) is 0 Å². The van der Waals surface area contributed by atoms with Crippen LogP contribution in [-0.2, 0) is 25.5 Å². The number of ketones is 2. The van der Waals surface area contributed by atoms with Crippen molar-refractivity contribution < 1.29 is 19.1 Å². The fourth-order valence-electron chi connectivity index (χ4n) is 6.13. The lowest BCUT2D eigenvalue weighted by atomic mass is 9.81. The molecule has 1 aliphatic carbocycles. The second kappa shape index (κ2) is 15.9. The second-order valence-electron chi connectivity index (χ2n) is 12.3. The number of aromatic nitrogens is 1. The van der Waals surface area contributed by atoms with Gasteiger partial charge in [0.05, 0.1) is 34.4 Å². The van der Waals surface area contributed by atoms with Crippen LogP contribution in [0.25, 0.3) is 10.2 Å². The number of hydrogen-bond donors (Lipinski definition) is 1. The lowest BCUT2D eigenvalue weighted by Crippen LogP contribution is -2.45. The number of Topliss-reactive ketones (excluding diaryl/α,β-unsaturated/α-hetero) is 2. The molecule has 2 aliphatic rings. The Balaban J connectivity index is 1.41. The number of carbonyl (C=O) groups excluding carboxylic acids is 3. The first-order valence-electron chi connectivity index (χ1n) is 15.9. The monoisotopic (exact) mass is 583 g/mol. The minimum Gasteiger partial charge on any atom is -0.379 e. The Hall–Kier alpha value is -2.16. The minimum atomic E-state index is -0.448. The lowest BCUT2D eigenvalue weighted by molar-refractivity contribution is -0.130. The van der Waals surface area contributed by atoms with E-state index in [0.717, 1.165) is 60.9 Å². The fourth-order valence-corrected chi connectivity index (χ4v) is 7.23. The molecule has 4 rings (SSSR count). The van der Waals surface area contributed by atoms with Gasteiger partial charge in [-0.05, 0) is 48.8 Å². The Bertz CT molecular complexity index is 1150. The molecule has 2 heterocycles. The third-order valence-corrected chi connectivity index (χ3v) is 9.92. The number of rotatable bonds is 15. The van der Waals surface area contributed by atoms with Crippen molar-refractivity contribution in [3.8, 4) is 0 Å². The molecule has 1 saturated carbocycles. The first-order chi connectivity index (χ1) is 19.8. The third kappa shape index (κ3) is 9.69. The summed E-state index contributed by atoms with van der Waals surface area (Å²) in [7, 11) is 0. The minimum absolute atomic E-state index is 0.0293. The highest BCUT2D eigenvalue weighted by atomic mass is 32.1. The summed E-state index contributed by atoms with van der Waals surface area (Å²) in [5, 5.41) is 4.26. The molecule has 0 radical (unpaired) electrons. The van der Waals surface area contributed by atoms with Crippen molar-refractivity contribution in [3.05, 3.63) is 28.8 Å². The van der Waals surface area contributed by atoms with Gasteiger partial charge in [-0.15, -0.1) is 11.3 Å². The molecule has 226 valence electrons. The number of benzene rings is 1. The van der Waals surface area contributed by atoms with E-state index in [1.165, 1.54) is 24.8 Å². The molecular weight excluding hydrogens is 534 g/mol. The molecule has 41 heavy (non-hydrogen) atoms. The van der Waals surface area contributed by atoms with Gasteiger partial charge in [0.15, 0.2) is 0 Å². The molecule has 1 N–H and O–H groups in total. The third-order valence-electron chi connectivity index (χ3n) is 8.87. The van der Waals surface area contributed by atoms with Gasteiger partial charge in [0.25, 0.3) is 0 Å². The summed E-state index contributed by atoms with van der Waals surface area (Å²) in [5.74, 6) is 0.675. The highest BCUT2D eigenvalue weighted by Gasteiger charge is 2.30. The predicted octanol–water partition coefficient (Wildman–Crippen LogP) is 6.08. The Morgan fingerprint density at radius 2 is 1.83 bits per heavy atom. The van der Waals surface area contributed by atoms with Crippen molar-refractivity contribution in [1.29, 1.82) is 0 Å². The average molecular weight is 584 g/mol. The molecule has 2 aromatic rings. The highest BCUT2D eigenvalue weighted by Crippen LogP contribution is 2.31. The largest absolute Gasteiger partial charge is 0.379 e. The van der Waals surface area contributed by atoms with Gasteiger partial charge in [-0.3, -0.25) is 19.3 Å². The zero-order valence-electron chi connectivity index (χ0n) is 25.3. The van der Waals surface area contributed by atoms with E-state index >= 15 is 0 Å². The van der Waals surface area contributed by atoms with E-state index in [1.54, 1.807) is 11.3 Å². The summed E-state index contributed by atoms with van der Waals surface area (Å²) in [6.07, 6.45) is 8.57. The number of carbonyl (C=O) groups is 3. The van der Waals surface area contributed by atoms with Crippen molar-refractivity contribution in [2.24, 2.45) is 11.8 Å². The molecule has 1 aromatic carbocycles. The van der Waals surface area contributed by atoms with Crippen molar-refractivity contribution >= 4 is 39.0 Å². The van der Waals surface area contributed by atoms with Gasteiger partial charge in [0.2, 0.25) is 5.91 Å². The van der Waals surface area contributed by atoms with E-state index in [2.05, 4.69) is 42.3 Å². The van der Waals surface area contributed by atoms with Crippen LogP contribution in [-0.4, -0.2) is 66.2 Å². The standard InChI is InChI=1S/C33H49N3O4S/c1-4-27(37)20-26(22-32-34-30-12-10-25(23(2)3)21-31(30)41-32)33(39)35-29(24-8-6-5-7-9-24)13-11-28(38)14-15-36-16-18-40-19-17-36/h10,12,21,23-24,26,29H,4-9,11,13-20,22H2,1-3H3,(H,35,39)/t26-,29+/m0/s1. The van der Waals surface area contributed by atoms with E-state index in [0.29, 0.717) is 43.9 Å². The predicted molar refractivity (Wildman–Crippen MR) is 165 cm³/mol. The molecule has 8 heteroatoms. The normalized spacial score (nSPS) is 18.4. The maximum Gasteiger partial charge on any atom is 0.224 e. The molecule has 1 aromatic heterocycles. The van der Waals surface area contributed by atoms with Crippen LogP contribution in [0.4, 0.5) is 0 Å². The number of nitrogens with zero attached hydrogens (tertiary/aromatic N) is 2. The first-order valence-corrected chi connectivity index (χ1v) is 16.7. The highest BCUT2D eigenvalue weighted by molar-refractivity contribution is 7.18. The summed E-state index contributed by atoms with van der Waals surface area (Å²) < 4.78 is 6.54. The van der Waals surface area contributed by atoms with Gasteiger partial charge in [0, 0.05) is 57.8 Å². The first kappa shape index (κ1) is 31.8. The Morgan fingerprint density at radius 1 is 1.07 bits per heavy atom. The molecular formula is C33H49N3O4S. The van der Waals surface area contributed by atoms with Gasteiger partial charge in [-0.2, -0.15) is 0 Å². The Kier molecular flexibility index (Phi) is 12.3. The van der Waals surface area contributed by atoms with Gasteiger partial charge in [-0.25, -0.2) is 4.98 Å². The molecule has 7 nitrogen and oxygen atoms in total. The molecule has 0 bridgehead atoms. The number of thiazole rings is 1. The number of fused-ring (bicyclic) bond motifs is 1. The SMILES string of the molecule is CCC(=O)C[C@@H](Cc1nc2ccc(C(C)C)cc2s1)C(=O)N[C@H](CCC(=O)CCN1CCOCC1)C1CCCCC1. The maximum atomic E-state index is 13.8. The van der Waals surface area contributed by atoms with Crippen LogP contribution < -0.4 is 5.32 Å². The summed E-state index contributed by atoms with van der Waals surface area (Å²) in [6, 6.07) is 6.35. The van der Waals surface area contributed by atoms with Crippen molar-refractivity contribution in [2.45, 2.75) is 103 Å². The number of morpholine rings is 1. The zero-order chi connectivity index (χ0) is 29.2. The van der Waals surface area contributed by atoms with Crippen molar-refractivity contribution in [1.82, 2.24) is 15.2 Å². The number of nitrogens with one attached hydrogen (secondary N) is 1. The Morgan fingerprint density at radius 3 is 2.54 bits per heavy atom. The van der Waals surface area contributed by atoms with E-state index in [-0.39, 0.29) is 29.9 Å². The fraction of sp³-hybridized carbons (Fsp3) is 0.697. The summed E-state index contributed by atoms with van der Waals surface area (Å²) in [5.41, 5.74) is 2.23. The van der Waals surface area contributed by atoms with Crippen LogP contribution in [0, 0.1) is 11.8 Å². The Labute approximate surface area is 249 Å². The van der Waals surface area contributed by atoms with Crippen LogP contribution in [0.15, 0.2) is 18.2 Å². The average Bonchev–Trinajstić information content (AvgIpc) is 3.40. The molecule has 0 unspecified atom stereocenters. The van der Waals surface area contributed by atoms with Gasteiger partial charge in [-0.1, -0.05) is 46.1 Å². The quantitative estimate of drug-likeness (QED) is 0.273. The molecule has 1 aliphatic heterocycles. The molecule has 1 amide bonds. The van der Waals surface area contributed by atoms with E-state index in [9.17, 15) is 14.4 Å². The van der Waals surface area contributed by atoms with Gasteiger partial charge < -0.3 is 10.1 Å². The van der Waals surface area contributed by atoms with Crippen molar-refractivity contribution in [2.75, 3.05) is 32.8 Å². The molecule has 0 spiro atoms. The summed E-state index contributed by atoms with van der Waals surface area (Å²) in [6.45, 7) is 10.3. The second-order valence-corrected chi connectivity index (χ2v) is 13.4. The van der Waals surface area contributed by atoms with Crippen LogP contribution in [0.1, 0.15) is 101 Å². The molecule has 2 atom stereocenters. The van der Waals surface area contributed by atoms with E-state index in [4.69, 9.17) is 9.72 Å². The van der Waals surface area contributed by atoms with Crippen molar-refractivity contribution in [3.63, 3.8) is 0 Å². The van der Waals surface area contributed by atoms with Crippen LogP contribution >= 0.6 is 11.3 Å². The van der Waals surface area contributed by atoms with Gasteiger partial charge in [0.1, 0.15) is 11.6 Å². The van der Waals surface area contributed by atoms with E-state index < -0.39 is 5.92 Å². The lowest BCUT2D eigenvalue weighted by Gasteiger charge is -2.32. The number of amides is 1. The summed E-state index contributed by atoms with van der Waals surface area (Å²) >= 11 is 1.63. The van der Waals surface area contributed by atoms with Gasteiger partial charge >= 0.3 is 0 Å². The van der Waals surface area contributed by atoms with E-state index in [1.807, 2.05) is 6.92 Å². The molecule has 2 fully saturated rings. The topological polar surface area (TPSA) is 88.6 Å².